The van der Waals surface area contributed by atoms with Gasteiger partial charge in [0.15, 0.2) is 0 Å². The molecule has 1 saturated carbocycles. The van der Waals surface area contributed by atoms with E-state index in [1.165, 1.54) is 30.7 Å². The second kappa shape index (κ2) is 8.82. The molecule has 1 unspecified atom stereocenters. The third kappa shape index (κ3) is 5.83. The van der Waals surface area contributed by atoms with Crippen LogP contribution < -0.4 is 10.5 Å². The van der Waals surface area contributed by atoms with Gasteiger partial charge in [-0.15, -0.1) is 12.4 Å². The molecule has 3 N–H and O–H groups in total. The van der Waals surface area contributed by atoms with Gasteiger partial charge in [-0.25, -0.2) is 17.5 Å². The summed E-state index contributed by atoms with van der Waals surface area (Å²) in [5.41, 5.74) is 6.32. The Morgan fingerprint density at radius 1 is 1.18 bits per heavy atom. The number of benzene rings is 1. The van der Waals surface area contributed by atoms with E-state index in [0.717, 1.165) is 25.7 Å². The van der Waals surface area contributed by atoms with Crippen LogP contribution in [-0.4, -0.2) is 21.0 Å². The molecule has 7 heteroatoms. The number of nitrogens with one attached hydrogen (secondary N) is 1. The van der Waals surface area contributed by atoms with Gasteiger partial charge in [0.1, 0.15) is 5.82 Å². The van der Waals surface area contributed by atoms with Crippen LogP contribution in [0.3, 0.4) is 0 Å². The summed E-state index contributed by atoms with van der Waals surface area (Å²) in [7, 11) is -3.46. The van der Waals surface area contributed by atoms with Crippen molar-refractivity contribution in [3.05, 3.63) is 35.6 Å². The van der Waals surface area contributed by atoms with E-state index in [1.54, 1.807) is 0 Å². The second-order valence-electron chi connectivity index (χ2n) is 5.74. The van der Waals surface area contributed by atoms with Crippen LogP contribution in [0.15, 0.2) is 24.3 Å². The Balaban J connectivity index is 0.00000242. The van der Waals surface area contributed by atoms with E-state index >= 15 is 0 Å². The van der Waals surface area contributed by atoms with Crippen LogP contribution >= 0.6 is 12.4 Å². The van der Waals surface area contributed by atoms with E-state index in [2.05, 4.69) is 4.72 Å². The Bertz CT molecular complexity index is 545. The topological polar surface area (TPSA) is 72.2 Å². The average molecular weight is 351 g/mol. The molecule has 0 spiro atoms. The lowest BCUT2D eigenvalue weighted by molar-refractivity contribution is 0.294. The van der Waals surface area contributed by atoms with Crippen molar-refractivity contribution in [1.29, 1.82) is 0 Å². The lowest BCUT2D eigenvalue weighted by Crippen LogP contribution is -2.46. The number of sulfonamides is 1. The van der Waals surface area contributed by atoms with E-state index in [4.69, 9.17) is 5.73 Å². The molecule has 0 radical (unpaired) electrons. The van der Waals surface area contributed by atoms with E-state index in [9.17, 15) is 12.8 Å². The van der Waals surface area contributed by atoms with Crippen molar-refractivity contribution in [2.45, 2.75) is 43.9 Å². The van der Waals surface area contributed by atoms with Gasteiger partial charge in [0, 0.05) is 12.6 Å². The zero-order valence-corrected chi connectivity index (χ0v) is 14.1. The first-order valence-corrected chi connectivity index (χ1v) is 9.10. The number of halogens is 2. The Hall–Kier alpha value is -0.690. The lowest BCUT2D eigenvalue weighted by atomic mass is 9.84. The summed E-state index contributed by atoms with van der Waals surface area (Å²) in [5, 5.41) is 0. The van der Waals surface area contributed by atoms with Crippen molar-refractivity contribution in [2.75, 3.05) is 6.54 Å². The van der Waals surface area contributed by atoms with Crippen molar-refractivity contribution < 1.29 is 12.8 Å². The minimum atomic E-state index is -3.46. The quantitative estimate of drug-likeness (QED) is 0.828. The van der Waals surface area contributed by atoms with Crippen LogP contribution in [0.2, 0.25) is 0 Å². The molecule has 1 atom stereocenters. The Kier molecular flexibility index (Phi) is 7.76. The zero-order valence-electron chi connectivity index (χ0n) is 12.5. The molecule has 1 aliphatic carbocycles. The van der Waals surface area contributed by atoms with Crippen LogP contribution in [0.25, 0.3) is 0 Å². The minimum Gasteiger partial charge on any atom is -0.329 e. The van der Waals surface area contributed by atoms with Gasteiger partial charge in [-0.2, -0.15) is 0 Å². The fourth-order valence-corrected chi connectivity index (χ4v) is 4.41. The van der Waals surface area contributed by atoms with Crippen LogP contribution in [0.1, 0.15) is 37.7 Å². The third-order valence-electron chi connectivity index (χ3n) is 4.07. The molecule has 1 aromatic rings. The van der Waals surface area contributed by atoms with Crippen LogP contribution in [0.5, 0.6) is 0 Å². The molecular formula is C15H24ClFN2O2S. The molecule has 0 bridgehead atoms. The van der Waals surface area contributed by atoms with Gasteiger partial charge in [-0.3, -0.25) is 0 Å². The van der Waals surface area contributed by atoms with Gasteiger partial charge in [-0.05, 0) is 36.5 Å². The minimum absolute atomic E-state index is 0. The maximum Gasteiger partial charge on any atom is 0.216 e. The Labute approximate surface area is 138 Å². The van der Waals surface area contributed by atoms with Gasteiger partial charge >= 0.3 is 0 Å². The fourth-order valence-electron chi connectivity index (χ4n) is 2.95. The second-order valence-corrected chi connectivity index (χ2v) is 7.50. The van der Waals surface area contributed by atoms with Gasteiger partial charge in [-0.1, -0.05) is 31.4 Å². The molecule has 0 aliphatic heterocycles. The molecule has 1 fully saturated rings. The van der Waals surface area contributed by atoms with Crippen molar-refractivity contribution in [3.63, 3.8) is 0 Å². The molecule has 4 nitrogen and oxygen atoms in total. The first-order chi connectivity index (χ1) is 10.00. The standard InChI is InChI=1S/C15H23FN2O2S.ClH/c16-14-8-6-12(7-9-14)11-21(19,20)18-15(10-17)13-4-2-1-3-5-13;/h6-9,13,15,18H,1-5,10-11,17H2;1H. The highest BCUT2D eigenvalue weighted by Gasteiger charge is 2.26. The first kappa shape index (κ1) is 19.4. The summed E-state index contributed by atoms with van der Waals surface area (Å²) >= 11 is 0. The van der Waals surface area contributed by atoms with Crippen molar-refractivity contribution in [1.82, 2.24) is 4.72 Å². The average Bonchev–Trinajstić information content (AvgIpc) is 2.48. The van der Waals surface area contributed by atoms with Gasteiger partial charge in [0.2, 0.25) is 10.0 Å². The number of rotatable bonds is 6. The molecular weight excluding hydrogens is 327 g/mol. The molecule has 2 rings (SSSR count). The van der Waals surface area contributed by atoms with Gasteiger partial charge in [0.25, 0.3) is 0 Å². The molecule has 126 valence electrons. The van der Waals surface area contributed by atoms with Gasteiger partial charge < -0.3 is 5.73 Å². The summed E-state index contributed by atoms with van der Waals surface area (Å²) in [6.45, 7) is 0.313. The fraction of sp³-hybridized carbons (Fsp3) is 0.600. The molecule has 0 amide bonds. The molecule has 0 saturated heterocycles. The van der Waals surface area contributed by atoms with Crippen molar-refractivity contribution in [2.24, 2.45) is 11.7 Å². The summed E-state index contributed by atoms with van der Waals surface area (Å²) in [4.78, 5) is 0. The monoisotopic (exact) mass is 350 g/mol. The van der Waals surface area contributed by atoms with Crippen LogP contribution in [0, 0.1) is 11.7 Å². The lowest BCUT2D eigenvalue weighted by Gasteiger charge is -2.29. The Morgan fingerprint density at radius 2 is 1.77 bits per heavy atom. The van der Waals surface area contributed by atoms with E-state index < -0.39 is 10.0 Å². The summed E-state index contributed by atoms with van der Waals surface area (Å²) in [5.74, 6) is -0.186. The number of hydrogen-bond acceptors (Lipinski definition) is 3. The maximum absolute atomic E-state index is 12.8. The highest BCUT2D eigenvalue weighted by Crippen LogP contribution is 2.26. The van der Waals surface area contributed by atoms with Crippen LogP contribution in [0.4, 0.5) is 4.39 Å². The van der Waals surface area contributed by atoms with E-state index in [-0.39, 0.29) is 30.0 Å². The van der Waals surface area contributed by atoms with Crippen molar-refractivity contribution >= 4 is 22.4 Å². The highest BCUT2D eigenvalue weighted by atomic mass is 35.5. The number of nitrogens with two attached hydrogens (primary N) is 1. The largest absolute Gasteiger partial charge is 0.329 e. The number of hydrogen-bond donors (Lipinski definition) is 2. The normalized spacial score (nSPS) is 17.7. The SMILES string of the molecule is Cl.NCC(NS(=O)(=O)Cc1ccc(F)cc1)C1CCCCC1. The smallest absolute Gasteiger partial charge is 0.216 e. The van der Waals surface area contributed by atoms with E-state index in [1.807, 2.05) is 0 Å². The third-order valence-corrected chi connectivity index (χ3v) is 5.45. The van der Waals surface area contributed by atoms with Crippen LogP contribution in [-0.2, 0) is 15.8 Å². The van der Waals surface area contributed by atoms with Crippen molar-refractivity contribution in [3.8, 4) is 0 Å². The summed E-state index contributed by atoms with van der Waals surface area (Å²) < 4.78 is 40.0. The molecule has 1 aromatic carbocycles. The highest BCUT2D eigenvalue weighted by molar-refractivity contribution is 7.88. The first-order valence-electron chi connectivity index (χ1n) is 7.45. The Morgan fingerprint density at radius 3 is 2.32 bits per heavy atom. The predicted molar refractivity (Wildman–Crippen MR) is 88.8 cm³/mol. The molecule has 22 heavy (non-hydrogen) atoms. The summed E-state index contributed by atoms with van der Waals surface area (Å²) in [6, 6.07) is 5.33. The molecule has 0 aromatic heterocycles. The predicted octanol–water partition coefficient (Wildman–Crippen LogP) is 2.57. The van der Waals surface area contributed by atoms with E-state index in [0.29, 0.717) is 18.0 Å². The molecule has 1 aliphatic rings. The zero-order chi connectivity index (χ0) is 15.3. The van der Waals surface area contributed by atoms with Gasteiger partial charge in [0.05, 0.1) is 5.75 Å². The molecule has 0 heterocycles. The summed E-state index contributed by atoms with van der Waals surface area (Å²) in [6.07, 6.45) is 5.56. The maximum atomic E-state index is 12.8.